The van der Waals surface area contributed by atoms with Gasteiger partial charge in [-0.05, 0) is 23.4 Å². The van der Waals surface area contributed by atoms with E-state index in [2.05, 4.69) is 66.9 Å². The highest BCUT2D eigenvalue weighted by molar-refractivity contribution is 7.98. The van der Waals surface area contributed by atoms with Gasteiger partial charge in [0.15, 0.2) is 0 Å². The van der Waals surface area contributed by atoms with Crippen LogP contribution in [0.5, 0.6) is 0 Å². The van der Waals surface area contributed by atoms with Gasteiger partial charge in [-0.2, -0.15) is 0 Å². The Morgan fingerprint density at radius 3 is 2.25 bits per heavy atom. The van der Waals surface area contributed by atoms with Gasteiger partial charge in [-0.3, -0.25) is 0 Å². The molecule has 80 valence electrons. The highest BCUT2D eigenvalue weighted by Gasteiger charge is 1.95. The van der Waals surface area contributed by atoms with E-state index in [1.807, 2.05) is 6.07 Å². The summed E-state index contributed by atoms with van der Waals surface area (Å²) >= 11 is 1.78. The highest BCUT2D eigenvalue weighted by Crippen LogP contribution is 2.21. The first kappa shape index (κ1) is 11.0. The zero-order chi connectivity index (χ0) is 11.2. The van der Waals surface area contributed by atoms with Gasteiger partial charge in [-0.15, -0.1) is 11.8 Å². The van der Waals surface area contributed by atoms with Crippen LogP contribution in [0, 0.1) is 0 Å². The van der Waals surface area contributed by atoms with Crippen LogP contribution in [0.3, 0.4) is 0 Å². The van der Waals surface area contributed by atoms with E-state index in [0.29, 0.717) is 0 Å². The Morgan fingerprint density at radius 2 is 1.50 bits per heavy atom. The second kappa shape index (κ2) is 5.57. The summed E-state index contributed by atoms with van der Waals surface area (Å²) in [5, 5.41) is 0. The van der Waals surface area contributed by atoms with Crippen molar-refractivity contribution < 1.29 is 0 Å². The molecule has 2 aromatic rings. The molecule has 0 aromatic heterocycles. The van der Waals surface area contributed by atoms with Crippen molar-refractivity contribution >= 4 is 23.9 Å². The molecule has 2 rings (SSSR count). The largest absolute Gasteiger partial charge is 0.129 e. The van der Waals surface area contributed by atoms with Crippen molar-refractivity contribution in [2.45, 2.75) is 4.90 Å². The molecule has 16 heavy (non-hydrogen) atoms. The van der Waals surface area contributed by atoms with Gasteiger partial charge in [-0.1, -0.05) is 60.7 Å². The van der Waals surface area contributed by atoms with E-state index in [1.54, 1.807) is 11.8 Å². The summed E-state index contributed by atoms with van der Waals surface area (Å²) in [5.41, 5.74) is 2.51. The third-order valence-electron chi connectivity index (χ3n) is 2.39. The van der Waals surface area contributed by atoms with E-state index in [0.717, 1.165) is 0 Å². The predicted molar refractivity (Wildman–Crippen MR) is 73.6 cm³/mol. The molecule has 0 spiro atoms. The molecular formula is C15H14S. The Hall–Kier alpha value is -1.47. The van der Waals surface area contributed by atoms with Crippen LogP contribution in [-0.2, 0) is 0 Å². The van der Waals surface area contributed by atoms with Crippen molar-refractivity contribution in [1.29, 1.82) is 0 Å². The maximum absolute atomic E-state index is 2.17. The Morgan fingerprint density at radius 1 is 0.812 bits per heavy atom. The quantitative estimate of drug-likeness (QED) is 0.545. The van der Waals surface area contributed by atoms with Gasteiger partial charge < -0.3 is 0 Å². The van der Waals surface area contributed by atoms with Gasteiger partial charge in [0.1, 0.15) is 0 Å². The summed E-state index contributed by atoms with van der Waals surface area (Å²) in [7, 11) is 0. The van der Waals surface area contributed by atoms with Gasteiger partial charge >= 0.3 is 0 Å². The monoisotopic (exact) mass is 226 g/mol. The number of hydrogen-bond donors (Lipinski definition) is 0. The zero-order valence-electron chi connectivity index (χ0n) is 9.26. The number of thioether (sulfide) groups is 1. The Kier molecular flexibility index (Phi) is 3.84. The van der Waals surface area contributed by atoms with E-state index in [-0.39, 0.29) is 0 Å². The van der Waals surface area contributed by atoms with Crippen molar-refractivity contribution in [3.8, 4) is 0 Å². The normalized spacial score (nSPS) is 10.8. The molecule has 0 unspecified atom stereocenters. The van der Waals surface area contributed by atoms with Crippen LogP contribution in [0.25, 0.3) is 12.2 Å². The lowest BCUT2D eigenvalue weighted by Crippen LogP contribution is -1.77. The smallest absolute Gasteiger partial charge is 0.0142 e. The second-order valence-corrected chi connectivity index (χ2v) is 4.33. The fourth-order valence-corrected chi connectivity index (χ4v) is 2.14. The molecule has 0 amide bonds. The van der Waals surface area contributed by atoms with Crippen LogP contribution in [0.1, 0.15) is 11.1 Å². The van der Waals surface area contributed by atoms with Gasteiger partial charge in [0.25, 0.3) is 0 Å². The molecule has 0 nitrogen and oxygen atoms in total. The predicted octanol–water partition coefficient (Wildman–Crippen LogP) is 4.58. The van der Waals surface area contributed by atoms with Gasteiger partial charge in [0, 0.05) is 4.90 Å². The minimum Gasteiger partial charge on any atom is -0.129 e. The first-order valence-electron chi connectivity index (χ1n) is 5.26. The Bertz CT molecular complexity index is 472. The molecule has 0 saturated heterocycles. The minimum absolute atomic E-state index is 1.23. The average molecular weight is 226 g/mol. The molecule has 0 saturated carbocycles. The molecule has 0 fully saturated rings. The van der Waals surface area contributed by atoms with Crippen LogP contribution in [0.15, 0.2) is 59.5 Å². The fourth-order valence-electron chi connectivity index (χ4n) is 1.55. The average Bonchev–Trinajstić information content (AvgIpc) is 2.38. The van der Waals surface area contributed by atoms with E-state index in [9.17, 15) is 0 Å². The lowest BCUT2D eigenvalue weighted by molar-refractivity contribution is 1.43. The summed E-state index contributed by atoms with van der Waals surface area (Å²) in [4.78, 5) is 1.31. The van der Waals surface area contributed by atoms with Gasteiger partial charge in [-0.25, -0.2) is 0 Å². The van der Waals surface area contributed by atoms with Crippen molar-refractivity contribution in [2.24, 2.45) is 0 Å². The number of benzene rings is 2. The van der Waals surface area contributed by atoms with Crippen molar-refractivity contribution in [3.05, 3.63) is 65.7 Å². The zero-order valence-corrected chi connectivity index (χ0v) is 10.1. The molecule has 0 aliphatic carbocycles. The van der Waals surface area contributed by atoms with Crippen molar-refractivity contribution in [1.82, 2.24) is 0 Å². The van der Waals surface area contributed by atoms with E-state index >= 15 is 0 Å². The first-order valence-corrected chi connectivity index (χ1v) is 6.49. The molecule has 1 heteroatoms. The van der Waals surface area contributed by atoms with Crippen molar-refractivity contribution in [2.75, 3.05) is 6.26 Å². The van der Waals surface area contributed by atoms with Crippen LogP contribution in [0.2, 0.25) is 0 Å². The van der Waals surface area contributed by atoms with E-state index in [4.69, 9.17) is 0 Å². The van der Waals surface area contributed by atoms with Crippen molar-refractivity contribution in [3.63, 3.8) is 0 Å². The summed E-state index contributed by atoms with van der Waals surface area (Å²) in [6, 6.07) is 18.8. The summed E-state index contributed by atoms with van der Waals surface area (Å²) in [6.07, 6.45) is 6.42. The summed E-state index contributed by atoms with van der Waals surface area (Å²) in [6.45, 7) is 0. The molecule has 0 aliphatic rings. The third kappa shape index (κ3) is 2.77. The van der Waals surface area contributed by atoms with E-state index in [1.165, 1.54) is 16.0 Å². The molecule has 0 heterocycles. The topological polar surface area (TPSA) is 0 Å². The summed E-state index contributed by atoms with van der Waals surface area (Å²) < 4.78 is 0. The Balaban J connectivity index is 2.24. The van der Waals surface area contributed by atoms with Crippen LogP contribution < -0.4 is 0 Å². The van der Waals surface area contributed by atoms with Crippen LogP contribution in [0.4, 0.5) is 0 Å². The third-order valence-corrected chi connectivity index (χ3v) is 3.21. The number of rotatable bonds is 3. The maximum Gasteiger partial charge on any atom is 0.0142 e. The molecule has 0 N–H and O–H groups in total. The molecule has 0 aliphatic heterocycles. The minimum atomic E-state index is 1.23. The molecule has 0 bridgehead atoms. The van der Waals surface area contributed by atoms with Gasteiger partial charge in [0.05, 0.1) is 0 Å². The molecule has 0 radical (unpaired) electrons. The molecule has 0 atom stereocenters. The fraction of sp³-hybridized carbons (Fsp3) is 0.0667. The van der Waals surface area contributed by atoms with E-state index < -0.39 is 0 Å². The maximum atomic E-state index is 2.17. The standard InChI is InChI=1S/C15H14S/c1-16-15-10-6-5-9-14(15)12-11-13-7-3-2-4-8-13/h2-12H,1H3/b12-11+. The summed E-state index contributed by atoms with van der Waals surface area (Å²) in [5.74, 6) is 0. The molecule has 2 aromatic carbocycles. The SMILES string of the molecule is CSc1ccccc1/C=C/c1ccccc1. The lowest BCUT2D eigenvalue weighted by Gasteiger charge is -2.01. The van der Waals surface area contributed by atoms with Gasteiger partial charge in [0.2, 0.25) is 0 Å². The molecular weight excluding hydrogens is 212 g/mol. The first-order chi connectivity index (χ1) is 7.90. The highest BCUT2D eigenvalue weighted by atomic mass is 32.2. The Labute approximate surface area is 101 Å². The van der Waals surface area contributed by atoms with Crippen LogP contribution in [-0.4, -0.2) is 6.26 Å². The second-order valence-electron chi connectivity index (χ2n) is 3.49. The number of hydrogen-bond acceptors (Lipinski definition) is 1. The lowest BCUT2D eigenvalue weighted by atomic mass is 10.1. The van der Waals surface area contributed by atoms with Crippen LogP contribution >= 0.6 is 11.8 Å².